The van der Waals surface area contributed by atoms with Gasteiger partial charge in [0.15, 0.2) is 0 Å². The number of likely N-dealkylation sites (N-methyl/N-ethyl adjacent to an activating group) is 1. The normalized spacial score (nSPS) is 22.2. The summed E-state index contributed by atoms with van der Waals surface area (Å²) in [6.07, 6.45) is 0.146. The zero-order valence-electron chi connectivity index (χ0n) is 10.7. The number of para-hydroxylation sites is 2. The zero-order valence-corrected chi connectivity index (χ0v) is 10.7. The first kappa shape index (κ1) is 11.1. The molecule has 2 nitrogen and oxygen atoms in total. The predicted octanol–water partition coefficient (Wildman–Crippen LogP) is 3.65. The zero-order chi connectivity index (χ0) is 12.5. The first-order valence-corrected chi connectivity index (χ1v) is 6.31. The van der Waals surface area contributed by atoms with E-state index in [1.54, 1.807) is 0 Å². The van der Waals surface area contributed by atoms with E-state index in [0.717, 1.165) is 11.4 Å². The molecule has 2 heteroatoms. The van der Waals surface area contributed by atoms with Crippen LogP contribution in [-0.2, 0) is 0 Å². The highest BCUT2D eigenvalue weighted by atomic mass is 16.5. The summed E-state index contributed by atoms with van der Waals surface area (Å²) in [5, 5.41) is 0. The van der Waals surface area contributed by atoms with Gasteiger partial charge in [0.2, 0.25) is 0 Å². The summed E-state index contributed by atoms with van der Waals surface area (Å²) >= 11 is 0. The lowest BCUT2D eigenvalue weighted by molar-refractivity contribution is 0.172. The molecule has 2 aromatic carbocycles. The van der Waals surface area contributed by atoms with Crippen LogP contribution in [0.4, 0.5) is 5.69 Å². The van der Waals surface area contributed by atoms with Crippen molar-refractivity contribution in [3.8, 4) is 5.75 Å². The van der Waals surface area contributed by atoms with E-state index in [-0.39, 0.29) is 12.1 Å². The van der Waals surface area contributed by atoms with Crippen molar-refractivity contribution in [2.45, 2.75) is 19.1 Å². The van der Waals surface area contributed by atoms with Crippen LogP contribution < -0.4 is 9.64 Å². The average molecular weight is 239 g/mol. The molecule has 0 spiro atoms. The highest BCUT2D eigenvalue weighted by Crippen LogP contribution is 2.40. The number of nitrogens with zero attached hydrogens (tertiary/aromatic N) is 1. The lowest BCUT2D eigenvalue weighted by Crippen LogP contribution is -2.39. The van der Waals surface area contributed by atoms with Crippen molar-refractivity contribution in [2.24, 2.45) is 0 Å². The van der Waals surface area contributed by atoms with Crippen molar-refractivity contribution in [1.29, 1.82) is 0 Å². The minimum atomic E-state index is 0.146. The number of hydrogen-bond acceptors (Lipinski definition) is 2. The van der Waals surface area contributed by atoms with E-state index in [2.05, 4.69) is 55.3 Å². The van der Waals surface area contributed by atoms with Crippen molar-refractivity contribution in [3.05, 3.63) is 60.2 Å². The maximum atomic E-state index is 6.03. The second-order valence-corrected chi connectivity index (χ2v) is 4.76. The molecule has 0 N–H and O–H groups in total. The van der Waals surface area contributed by atoms with Gasteiger partial charge in [0.05, 0.1) is 11.7 Å². The standard InChI is InChI=1S/C16H17NO/c1-12-16(13-8-4-3-5-9-13)17(2)14-10-6-7-11-15(14)18-12/h3-12,16H,1-2H3/t12-,16-/m1/s1. The van der Waals surface area contributed by atoms with Crippen LogP contribution in [0.3, 0.4) is 0 Å². The number of ether oxygens (including phenoxy) is 1. The maximum Gasteiger partial charge on any atom is 0.143 e. The Balaban J connectivity index is 2.03. The third-order valence-corrected chi connectivity index (χ3v) is 3.56. The van der Waals surface area contributed by atoms with Crippen LogP contribution in [0.15, 0.2) is 54.6 Å². The summed E-state index contributed by atoms with van der Waals surface area (Å²) in [5.74, 6) is 0.972. The van der Waals surface area contributed by atoms with Crippen molar-refractivity contribution in [1.82, 2.24) is 0 Å². The van der Waals surface area contributed by atoms with Crippen LogP contribution >= 0.6 is 0 Å². The van der Waals surface area contributed by atoms with E-state index < -0.39 is 0 Å². The van der Waals surface area contributed by atoms with Gasteiger partial charge >= 0.3 is 0 Å². The van der Waals surface area contributed by atoms with Gasteiger partial charge in [-0.25, -0.2) is 0 Å². The molecule has 0 aromatic heterocycles. The molecule has 1 heterocycles. The smallest absolute Gasteiger partial charge is 0.143 e. The Morgan fingerprint density at radius 1 is 0.944 bits per heavy atom. The Morgan fingerprint density at radius 3 is 2.39 bits per heavy atom. The van der Waals surface area contributed by atoms with Crippen LogP contribution in [-0.4, -0.2) is 13.2 Å². The highest BCUT2D eigenvalue weighted by Gasteiger charge is 2.31. The minimum Gasteiger partial charge on any atom is -0.486 e. The summed E-state index contributed by atoms with van der Waals surface area (Å²) in [7, 11) is 2.13. The van der Waals surface area contributed by atoms with Gasteiger partial charge in [0.1, 0.15) is 11.9 Å². The van der Waals surface area contributed by atoms with Crippen LogP contribution in [0.1, 0.15) is 18.5 Å². The molecule has 2 aromatic rings. The molecular weight excluding hydrogens is 222 g/mol. The summed E-state index contributed by atoms with van der Waals surface area (Å²) in [6, 6.07) is 19.0. The lowest BCUT2D eigenvalue weighted by Gasteiger charge is -2.40. The van der Waals surface area contributed by atoms with Gasteiger partial charge in [-0.1, -0.05) is 42.5 Å². The van der Waals surface area contributed by atoms with Crippen molar-refractivity contribution in [2.75, 3.05) is 11.9 Å². The summed E-state index contributed by atoms with van der Waals surface area (Å²) in [6.45, 7) is 2.13. The Hall–Kier alpha value is -1.96. The Morgan fingerprint density at radius 2 is 1.61 bits per heavy atom. The fourth-order valence-electron chi connectivity index (χ4n) is 2.72. The molecule has 0 aliphatic carbocycles. The van der Waals surface area contributed by atoms with Crippen molar-refractivity contribution < 1.29 is 4.74 Å². The molecule has 0 saturated carbocycles. The first-order valence-electron chi connectivity index (χ1n) is 6.31. The van der Waals surface area contributed by atoms with Crippen molar-refractivity contribution in [3.63, 3.8) is 0 Å². The molecular formula is C16H17NO. The molecule has 1 aliphatic heterocycles. The molecule has 2 atom stereocenters. The van der Waals surface area contributed by atoms with Crippen LogP contribution in [0.2, 0.25) is 0 Å². The van der Waals surface area contributed by atoms with E-state index in [1.165, 1.54) is 5.56 Å². The number of benzene rings is 2. The van der Waals surface area contributed by atoms with E-state index in [4.69, 9.17) is 4.74 Å². The number of rotatable bonds is 1. The van der Waals surface area contributed by atoms with E-state index in [0.29, 0.717) is 0 Å². The fraction of sp³-hybridized carbons (Fsp3) is 0.250. The Kier molecular flexibility index (Phi) is 2.71. The average Bonchev–Trinajstić information content (AvgIpc) is 2.40. The maximum absolute atomic E-state index is 6.03. The quantitative estimate of drug-likeness (QED) is 0.753. The van der Waals surface area contributed by atoms with Gasteiger partial charge in [-0.05, 0) is 24.6 Å². The van der Waals surface area contributed by atoms with Crippen LogP contribution in [0.25, 0.3) is 0 Å². The number of hydrogen-bond donors (Lipinski definition) is 0. The molecule has 1 aliphatic rings. The van der Waals surface area contributed by atoms with E-state index >= 15 is 0 Å². The van der Waals surface area contributed by atoms with Crippen LogP contribution in [0.5, 0.6) is 5.75 Å². The van der Waals surface area contributed by atoms with Crippen molar-refractivity contribution >= 4 is 5.69 Å². The van der Waals surface area contributed by atoms with Gasteiger partial charge in [-0.3, -0.25) is 0 Å². The third-order valence-electron chi connectivity index (χ3n) is 3.56. The van der Waals surface area contributed by atoms with Gasteiger partial charge in [0, 0.05) is 7.05 Å². The molecule has 0 fully saturated rings. The van der Waals surface area contributed by atoms with Gasteiger partial charge in [0.25, 0.3) is 0 Å². The lowest BCUT2D eigenvalue weighted by atomic mass is 9.98. The van der Waals surface area contributed by atoms with E-state index in [9.17, 15) is 0 Å². The van der Waals surface area contributed by atoms with Gasteiger partial charge in [-0.15, -0.1) is 0 Å². The second kappa shape index (κ2) is 4.37. The molecule has 3 rings (SSSR count). The highest BCUT2D eigenvalue weighted by molar-refractivity contribution is 5.61. The number of fused-ring (bicyclic) bond motifs is 1. The molecule has 0 saturated heterocycles. The SMILES string of the molecule is C[C@H]1Oc2ccccc2N(C)[C@H]1c1ccccc1. The monoisotopic (exact) mass is 239 g/mol. The Bertz CT molecular complexity index is 538. The molecule has 0 unspecified atom stereocenters. The largest absolute Gasteiger partial charge is 0.486 e. The predicted molar refractivity (Wildman–Crippen MR) is 74.1 cm³/mol. The van der Waals surface area contributed by atoms with E-state index in [1.807, 2.05) is 18.2 Å². The molecule has 18 heavy (non-hydrogen) atoms. The van der Waals surface area contributed by atoms with Gasteiger partial charge in [-0.2, -0.15) is 0 Å². The molecule has 0 bridgehead atoms. The molecule has 92 valence electrons. The number of anilines is 1. The first-order chi connectivity index (χ1) is 8.77. The summed E-state index contributed by atoms with van der Waals surface area (Å²) in [5.41, 5.74) is 2.45. The third kappa shape index (κ3) is 1.74. The van der Waals surface area contributed by atoms with Gasteiger partial charge < -0.3 is 9.64 Å². The second-order valence-electron chi connectivity index (χ2n) is 4.76. The van der Waals surface area contributed by atoms with Crippen LogP contribution in [0, 0.1) is 0 Å². The molecule has 0 amide bonds. The minimum absolute atomic E-state index is 0.146. The molecule has 0 radical (unpaired) electrons. The summed E-state index contributed by atoms with van der Waals surface area (Å²) in [4.78, 5) is 2.30. The Labute approximate surface area is 108 Å². The summed E-state index contributed by atoms with van der Waals surface area (Å²) < 4.78 is 6.03. The fourth-order valence-corrected chi connectivity index (χ4v) is 2.72. The topological polar surface area (TPSA) is 12.5 Å².